The van der Waals surface area contributed by atoms with Crippen LogP contribution in [0.5, 0.6) is 0 Å². The summed E-state index contributed by atoms with van der Waals surface area (Å²) in [4.78, 5) is 0.224. The highest BCUT2D eigenvalue weighted by Gasteiger charge is 2.37. The van der Waals surface area contributed by atoms with Crippen LogP contribution in [0.25, 0.3) is 0 Å². The van der Waals surface area contributed by atoms with Gasteiger partial charge in [-0.2, -0.15) is 8.42 Å². The third-order valence-electron chi connectivity index (χ3n) is 5.75. The number of benzene rings is 1. The molecule has 0 aromatic heterocycles. The zero-order valence-electron chi connectivity index (χ0n) is 19.0. The first kappa shape index (κ1) is 25.3. The van der Waals surface area contributed by atoms with Gasteiger partial charge in [0.05, 0.1) is 11.5 Å². The second kappa shape index (κ2) is 10.4. The van der Waals surface area contributed by atoms with E-state index in [1.807, 2.05) is 13.8 Å². The largest absolute Gasteiger partial charge is 0.417 e. The Morgan fingerprint density at radius 1 is 0.964 bits per heavy atom. The Morgan fingerprint density at radius 3 is 1.96 bits per heavy atom. The monoisotopic (exact) mass is 428 g/mol. The molecule has 0 heterocycles. The van der Waals surface area contributed by atoms with Crippen molar-refractivity contribution in [3.8, 4) is 0 Å². The Hall–Kier alpha value is -0.693. The molecule has 0 saturated heterocycles. The van der Waals surface area contributed by atoms with Crippen molar-refractivity contribution in [3.63, 3.8) is 0 Å². The Balaban J connectivity index is 2.33. The van der Waals surface area contributed by atoms with E-state index in [1.54, 1.807) is 24.3 Å². The van der Waals surface area contributed by atoms with Gasteiger partial charge in [0.25, 0.3) is 10.1 Å². The SMILES string of the molecule is Cc1ccc(S(=O)(=O)OC[C@@H](C)CCC[C@@H](C)CO[Si](C)(C)C(C)(C)C)cc1. The number of hydrogen-bond donors (Lipinski definition) is 0. The van der Waals surface area contributed by atoms with E-state index in [0.717, 1.165) is 31.4 Å². The fourth-order valence-corrected chi connectivity index (χ4v) is 4.68. The standard InChI is InChI=1S/C22H40O4SSi/c1-18-12-14-21(15-13-18)27(23,24)25-16-19(2)10-9-11-20(3)17-26-28(7,8)22(4,5)6/h12-15,19-20H,9-11,16-17H2,1-8H3/t19-,20+/m0/s1. The predicted molar refractivity (Wildman–Crippen MR) is 120 cm³/mol. The summed E-state index contributed by atoms with van der Waals surface area (Å²) in [7, 11) is -5.35. The molecule has 0 aliphatic carbocycles. The van der Waals surface area contributed by atoms with Gasteiger partial charge in [-0.15, -0.1) is 0 Å². The van der Waals surface area contributed by atoms with Gasteiger partial charge in [-0.3, -0.25) is 4.18 Å². The maximum atomic E-state index is 12.3. The van der Waals surface area contributed by atoms with E-state index in [9.17, 15) is 8.42 Å². The van der Waals surface area contributed by atoms with Crippen LogP contribution in [-0.2, 0) is 18.7 Å². The summed E-state index contributed by atoms with van der Waals surface area (Å²) in [6.45, 7) is 18.6. The van der Waals surface area contributed by atoms with E-state index < -0.39 is 18.4 Å². The van der Waals surface area contributed by atoms with Crippen molar-refractivity contribution in [2.45, 2.75) is 83.8 Å². The van der Waals surface area contributed by atoms with Crippen molar-refractivity contribution >= 4 is 18.4 Å². The number of rotatable bonds is 11. The van der Waals surface area contributed by atoms with Crippen molar-refractivity contribution < 1.29 is 17.0 Å². The summed E-state index contributed by atoms with van der Waals surface area (Å²) >= 11 is 0. The molecule has 0 aliphatic heterocycles. The molecule has 0 bridgehead atoms. The zero-order chi connectivity index (χ0) is 21.6. The van der Waals surface area contributed by atoms with Crippen LogP contribution in [-0.4, -0.2) is 29.9 Å². The molecule has 0 unspecified atom stereocenters. The summed E-state index contributed by atoms with van der Waals surface area (Å²) in [6, 6.07) is 6.76. The molecule has 0 fully saturated rings. The molecule has 0 spiro atoms. The summed E-state index contributed by atoms with van der Waals surface area (Å²) in [5.41, 5.74) is 1.03. The second-order valence-electron chi connectivity index (χ2n) is 9.76. The minimum absolute atomic E-state index is 0.203. The second-order valence-corrected chi connectivity index (χ2v) is 16.2. The lowest BCUT2D eigenvalue weighted by atomic mass is 10.00. The molecule has 0 aliphatic rings. The van der Waals surface area contributed by atoms with Gasteiger partial charge < -0.3 is 4.43 Å². The van der Waals surface area contributed by atoms with Gasteiger partial charge in [0.2, 0.25) is 0 Å². The van der Waals surface area contributed by atoms with Crippen LogP contribution in [0.15, 0.2) is 29.2 Å². The molecule has 1 aromatic carbocycles. The smallest absolute Gasteiger partial charge is 0.296 e. The fourth-order valence-electron chi connectivity index (χ4n) is 2.53. The topological polar surface area (TPSA) is 52.6 Å². The van der Waals surface area contributed by atoms with E-state index in [0.29, 0.717) is 5.92 Å². The molecule has 28 heavy (non-hydrogen) atoms. The first-order valence-corrected chi connectivity index (χ1v) is 14.7. The number of aryl methyl sites for hydroxylation is 1. The average Bonchev–Trinajstić information content (AvgIpc) is 2.58. The van der Waals surface area contributed by atoms with Crippen LogP contribution < -0.4 is 0 Å². The maximum Gasteiger partial charge on any atom is 0.296 e. The average molecular weight is 429 g/mol. The van der Waals surface area contributed by atoms with E-state index >= 15 is 0 Å². The number of hydrogen-bond acceptors (Lipinski definition) is 4. The highest BCUT2D eigenvalue weighted by atomic mass is 32.2. The van der Waals surface area contributed by atoms with E-state index in [1.165, 1.54) is 0 Å². The van der Waals surface area contributed by atoms with Gasteiger partial charge in [-0.05, 0) is 61.9 Å². The third kappa shape index (κ3) is 8.35. The van der Waals surface area contributed by atoms with Gasteiger partial charge in [0.15, 0.2) is 8.32 Å². The van der Waals surface area contributed by atoms with Crippen molar-refractivity contribution in [2.75, 3.05) is 13.2 Å². The van der Waals surface area contributed by atoms with Crippen LogP contribution in [0, 0.1) is 18.8 Å². The Bertz CT molecular complexity index is 690. The molecule has 4 nitrogen and oxygen atoms in total. The minimum Gasteiger partial charge on any atom is -0.417 e. The first-order chi connectivity index (χ1) is 12.7. The van der Waals surface area contributed by atoms with E-state index in [2.05, 4.69) is 40.8 Å². The van der Waals surface area contributed by atoms with Crippen LogP contribution in [0.4, 0.5) is 0 Å². The molecular weight excluding hydrogens is 388 g/mol. The molecule has 0 radical (unpaired) electrons. The van der Waals surface area contributed by atoms with Gasteiger partial charge in [-0.25, -0.2) is 0 Å². The lowest BCUT2D eigenvalue weighted by Gasteiger charge is -2.37. The molecular formula is C22H40O4SSi. The van der Waals surface area contributed by atoms with Gasteiger partial charge >= 0.3 is 0 Å². The van der Waals surface area contributed by atoms with Crippen LogP contribution in [0.1, 0.15) is 59.4 Å². The molecule has 1 rings (SSSR count). The summed E-state index contributed by atoms with van der Waals surface area (Å²) in [5.74, 6) is 0.715. The van der Waals surface area contributed by atoms with Crippen molar-refractivity contribution in [2.24, 2.45) is 11.8 Å². The fraction of sp³-hybridized carbons (Fsp3) is 0.727. The van der Waals surface area contributed by atoms with Crippen molar-refractivity contribution in [3.05, 3.63) is 29.8 Å². The van der Waals surface area contributed by atoms with Gasteiger partial charge in [0.1, 0.15) is 0 Å². The maximum absolute atomic E-state index is 12.3. The molecule has 2 atom stereocenters. The van der Waals surface area contributed by atoms with Gasteiger partial charge in [0, 0.05) is 6.61 Å². The first-order valence-electron chi connectivity index (χ1n) is 10.3. The lowest BCUT2D eigenvalue weighted by Crippen LogP contribution is -2.41. The van der Waals surface area contributed by atoms with Gasteiger partial charge in [-0.1, -0.05) is 58.7 Å². The molecule has 1 aromatic rings. The highest BCUT2D eigenvalue weighted by Crippen LogP contribution is 2.37. The zero-order valence-corrected chi connectivity index (χ0v) is 20.9. The molecule has 0 saturated carbocycles. The Morgan fingerprint density at radius 2 is 1.46 bits per heavy atom. The minimum atomic E-state index is -3.67. The van der Waals surface area contributed by atoms with Crippen LogP contribution in [0.3, 0.4) is 0 Å². The molecule has 0 amide bonds. The van der Waals surface area contributed by atoms with Crippen molar-refractivity contribution in [1.29, 1.82) is 0 Å². The van der Waals surface area contributed by atoms with Crippen molar-refractivity contribution in [1.82, 2.24) is 0 Å². The third-order valence-corrected chi connectivity index (χ3v) is 11.5. The summed E-state index contributed by atoms with van der Waals surface area (Å²) in [5, 5.41) is 0.238. The normalized spacial score (nSPS) is 15.4. The van der Waals surface area contributed by atoms with Crippen LogP contribution >= 0.6 is 0 Å². The molecule has 0 N–H and O–H groups in total. The van der Waals surface area contributed by atoms with E-state index in [4.69, 9.17) is 8.61 Å². The molecule has 162 valence electrons. The summed E-state index contributed by atoms with van der Waals surface area (Å²) in [6.07, 6.45) is 3.09. The summed E-state index contributed by atoms with van der Waals surface area (Å²) < 4.78 is 36.1. The van der Waals surface area contributed by atoms with E-state index in [-0.39, 0.29) is 22.5 Å². The van der Waals surface area contributed by atoms with Crippen LogP contribution in [0.2, 0.25) is 18.1 Å². The highest BCUT2D eigenvalue weighted by molar-refractivity contribution is 7.86. The quantitative estimate of drug-likeness (QED) is 0.313. The lowest BCUT2D eigenvalue weighted by molar-refractivity contribution is 0.219. The Labute approximate surface area is 174 Å². The Kier molecular flexibility index (Phi) is 9.39. The predicted octanol–water partition coefficient (Wildman–Crippen LogP) is 6.16. The molecule has 6 heteroatoms.